The Balaban J connectivity index is 1.91. The van der Waals surface area contributed by atoms with E-state index in [2.05, 4.69) is 6.29 Å². The molecule has 0 aromatic rings. The Morgan fingerprint density at radius 1 is 0.933 bits per heavy atom. The lowest BCUT2D eigenvalue weighted by molar-refractivity contribution is -0.0742. The standard InChI is InChI=1S/C12H19O3/c13-9-10(11-5-1-3-7-14-11)12-6-2-4-8-15-12/h10-12H,1-8H2. The summed E-state index contributed by atoms with van der Waals surface area (Å²) in [7, 11) is 0. The molecule has 3 nitrogen and oxygen atoms in total. The van der Waals surface area contributed by atoms with Gasteiger partial charge in [0.05, 0.1) is 18.1 Å². The molecule has 2 aliphatic heterocycles. The Kier molecular flexibility index (Phi) is 4.15. The summed E-state index contributed by atoms with van der Waals surface area (Å²) in [4.78, 5) is 11.0. The van der Waals surface area contributed by atoms with Crippen LogP contribution in [-0.2, 0) is 14.3 Å². The molecular weight excluding hydrogens is 192 g/mol. The van der Waals surface area contributed by atoms with Gasteiger partial charge in [0.1, 0.15) is 0 Å². The van der Waals surface area contributed by atoms with Crippen LogP contribution in [-0.4, -0.2) is 31.7 Å². The molecule has 1 radical (unpaired) electrons. The van der Waals surface area contributed by atoms with Crippen molar-refractivity contribution in [2.45, 2.75) is 50.7 Å². The average molecular weight is 211 g/mol. The Morgan fingerprint density at radius 3 is 1.80 bits per heavy atom. The number of hydrogen-bond acceptors (Lipinski definition) is 3. The minimum Gasteiger partial charge on any atom is -0.377 e. The summed E-state index contributed by atoms with van der Waals surface area (Å²) in [6, 6.07) is 0. The van der Waals surface area contributed by atoms with Crippen molar-refractivity contribution < 1.29 is 14.3 Å². The van der Waals surface area contributed by atoms with Gasteiger partial charge < -0.3 is 9.47 Å². The van der Waals surface area contributed by atoms with Crippen LogP contribution < -0.4 is 0 Å². The topological polar surface area (TPSA) is 35.5 Å². The Hall–Kier alpha value is -0.410. The smallest absolute Gasteiger partial charge is 0.207 e. The number of hydrogen-bond donors (Lipinski definition) is 0. The quantitative estimate of drug-likeness (QED) is 0.714. The largest absolute Gasteiger partial charge is 0.377 e. The number of carbonyl (C=O) groups excluding carboxylic acids is 1. The van der Waals surface area contributed by atoms with Gasteiger partial charge in [-0.2, -0.15) is 0 Å². The van der Waals surface area contributed by atoms with E-state index in [4.69, 9.17) is 9.47 Å². The first-order valence-corrected chi connectivity index (χ1v) is 6.02. The Bertz CT molecular complexity index is 175. The molecule has 0 bridgehead atoms. The first kappa shape index (κ1) is 11.1. The zero-order valence-electron chi connectivity index (χ0n) is 9.11. The molecule has 2 fully saturated rings. The molecule has 3 heteroatoms. The van der Waals surface area contributed by atoms with Crippen molar-refractivity contribution in [2.24, 2.45) is 5.92 Å². The fourth-order valence-corrected chi connectivity index (χ4v) is 2.49. The van der Waals surface area contributed by atoms with Crippen LogP contribution in [0.2, 0.25) is 0 Å². The summed E-state index contributed by atoms with van der Waals surface area (Å²) in [5.74, 6) is -0.161. The van der Waals surface area contributed by atoms with Crippen LogP contribution in [0.1, 0.15) is 38.5 Å². The van der Waals surface area contributed by atoms with E-state index in [9.17, 15) is 4.79 Å². The molecule has 85 valence electrons. The lowest BCUT2D eigenvalue weighted by atomic mass is 9.88. The van der Waals surface area contributed by atoms with Gasteiger partial charge in [-0.05, 0) is 38.5 Å². The van der Waals surface area contributed by atoms with E-state index >= 15 is 0 Å². The molecule has 2 rings (SSSR count). The van der Waals surface area contributed by atoms with Crippen molar-refractivity contribution in [3.8, 4) is 0 Å². The monoisotopic (exact) mass is 211 g/mol. The van der Waals surface area contributed by atoms with Crippen molar-refractivity contribution in [3.05, 3.63) is 0 Å². The molecule has 15 heavy (non-hydrogen) atoms. The van der Waals surface area contributed by atoms with Gasteiger partial charge >= 0.3 is 0 Å². The summed E-state index contributed by atoms with van der Waals surface area (Å²) < 4.78 is 11.3. The maximum absolute atomic E-state index is 11.0. The summed E-state index contributed by atoms with van der Waals surface area (Å²) in [6.45, 7) is 1.57. The predicted octanol–water partition coefficient (Wildman–Crippen LogP) is 1.85. The summed E-state index contributed by atoms with van der Waals surface area (Å²) >= 11 is 0. The predicted molar refractivity (Wildman–Crippen MR) is 56.4 cm³/mol. The number of rotatable bonds is 3. The molecule has 0 aromatic heterocycles. The second-order valence-electron chi connectivity index (χ2n) is 4.45. The van der Waals surface area contributed by atoms with Crippen LogP contribution in [0.25, 0.3) is 0 Å². The fraction of sp³-hybridized carbons (Fsp3) is 0.917. The van der Waals surface area contributed by atoms with Crippen LogP contribution in [0.4, 0.5) is 0 Å². The molecule has 0 aliphatic carbocycles. The lowest BCUT2D eigenvalue weighted by Crippen LogP contribution is -2.39. The third kappa shape index (κ3) is 2.79. The highest BCUT2D eigenvalue weighted by Gasteiger charge is 2.33. The zero-order valence-corrected chi connectivity index (χ0v) is 9.11. The molecular formula is C12H19O3. The van der Waals surface area contributed by atoms with Crippen molar-refractivity contribution in [1.29, 1.82) is 0 Å². The molecule has 0 N–H and O–H groups in total. The maximum atomic E-state index is 11.0. The summed E-state index contributed by atoms with van der Waals surface area (Å²) in [6.07, 6.45) is 8.78. The van der Waals surface area contributed by atoms with Gasteiger partial charge in [0.15, 0.2) is 0 Å². The van der Waals surface area contributed by atoms with Gasteiger partial charge in [0.2, 0.25) is 6.29 Å². The van der Waals surface area contributed by atoms with Crippen LogP contribution >= 0.6 is 0 Å². The fourth-order valence-electron chi connectivity index (χ4n) is 2.49. The van der Waals surface area contributed by atoms with Gasteiger partial charge in [-0.15, -0.1) is 0 Å². The van der Waals surface area contributed by atoms with E-state index in [-0.39, 0.29) is 18.1 Å². The van der Waals surface area contributed by atoms with E-state index in [1.54, 1.807) is 0 Å². The normalized spacial score (nSPS) is 34.7. The van der Waals surface area contributed by atoms with Gasteiger partial charge in [-0.25, -0.2) is 0 Å². The minimum atomic E-state index is -0.161. The molecule has 2 aliphatic rings. The van der Waals surface area contributed by atoms with Crippen LogP contribution in [0.15, 0.2) is 0 Å². The Morgan fingerprint density at radius 2 is 1.47 bits per heavy atom. The van der Waals surface area contributed by atoms with Crippen molar-refractivity contribution in [2.75, 3.05) is 13.2 Å². The SMILES string of the molecule is O=[C]C(C1CCCCO1)C1CCCCO1. The van der Waals surface area contributed by atoms with Crippen LogP contribution in [0, 0.1) is 5.92 Å². The molecule has 0 saturated carbocycles. The number of ether oxygens (including phenoxy) is 2. The summed E-state index contributed by atoms with van der Waals surface area (Å²) in [5, 5.41) is 0. The van der Waals surface area contributed by atoms with Crippen molar-refractivity contribution >= 4 is 6.29 Å². The minimum absolute atomic E-state index is 0.0550. The lowest BCUT2D eigenvalue weighted by Gasteiger charge is -2.33. The van der Waals surface area contributed by atoms with Crippen LogP contribution in [0.3, 0.4) is 0 Å². The van der Waals surface area contributed by atoms with Gasteiger partial charge in [0.25, 0.3) is 0 Å². The van der Waals surface area contributed by atoms with E-state index < -0.39 is 0 Å². The highest BCUT2D eigenvalue weighted by molar-refractivity contribution is 5.56. The third-order valence-electron chi connectivity index (χ3n) is 3.37. The van der Waals surface area contributed by atoms with E-state index in [0.717, 1.165) is 51.7 Å². The van der Waals surface area contributed by atoms with E-state index in [1.165, 1.54) is 0 Å². The molecule has 2 saturated heterocycles. The second-order valence-corrected chi connectivity index (χ2v) is 4.45. The van der Waals surface area contributed by atoms with Crippen LogP contribution in [0.5, 0.6) is 0 Å². The molecule has 0 aromatic carbocycles. The molecule has 0 amide bonds. The van der Waals surface area contributed by atoms with Gasteiger partial charge in [-0.1, -0.05) is 0 Å². The van der Waals surface area contributed by atoms with Crippen molar-refractivity contribution in [3.63, 3.8) is 0 Å². The molecule has 0 spiro atoms. The second kappa shape index (κ2) is 5.61. The van der Waals surface area contributed by atoms with Gasteiger partial charge in [0, 0.05) is 13.2 Å². The molecule has 2 unspecified atom stereocenters. The average Bonchev–Trinajstić information content (AvgIpc) is 2.33. The highest BCUT2D eigenvalue weighted by atomic mass is 16.5. The van der Waals surface area contributed by atoms with E-state index in [1.807, 2.05) is 0 Å². The first-order chi connectivity index (χ1) is 7.42. The van der Waals surface area contributed by atoms with Crippen molar-refractivity contribution in [1.82, 2.24) is 0 Å². The summed E-state index contributed by atoms with van der Waals surface area (Å²) in [5.41, 5.74) is 0. The zero-order chi connectivity index (χ0) is 10.5. The highest BCUT2D eigenvalue weighted by Crippen LogP contribution is 2.27. The molecule has 2 heterocycles. The Labute approximate surface area is 91.1 Å². The maximum Gasteiger partial charge on any atom is 0.207 e. The molecule has 2 atom stereocenters. The first-order valence-electron chi connectivity index (χ1n) is 6.02. The van der Waals surface area contributed by atoms with Gasteiger partial charge in [-0.3, -0.25) is 4.79 Å². The third-order valence-corrected chi connectivity index (χ3v) is 3.37. The van der Waals surface area contributed by atoms with E-state index in [0.29, 0.717) is 0 Å².